The summed E-state index contributed by atoms with van der Waals surface area (Å²) in [4.78, 5) is 0. The SMILES string of the molecule is [O-][S+](CC=Cc1ccccc1)CCCl. The van der Waals surface area contributed by atoms with Gasteiger partial charge in [0.1, 0.15) is 11.5 Å². The maximum Gasteiger partial charge on any atom is 0.124 e. The molecule has 3 heteroatoms. The Balaban J connectivity index is 2.34. The van der Waals surface area contributed by atoms with Crippen molar-refractivity contribution in [2.45, 2.75) is 0 Å². The molecule has 0 aliphatic carbocycles. The van der Waals surface area contributed by atoms with Gasteiger partial charge >= 0.3 is 0 Å². The Kier molecular flexibility index (Phi) is 5.76. The third kappa shape index (κ3) is 4.70. The zero-order chi connectivity index (χ0) is 10.2. The summed E-state index contributed by atoms with van der Waals surface area (Å²) in [5.41, 5.74) is 1.13. The Morgan fingerprint density at radius 2 is 2.00 bits per heavy atom. The van der Waals surface area contributed by atoms with E-state index >= 15 is 0 Å². The quantitative estimate of drug-likeness (QED) is 0.561. The summed E-state index contributed by atoms with van der Waals surface area (Å²) in [6.07, 6.45) is 3.91. The second kappa shape index (κ2) is 6.93. The maximum absolute atomic E-state index is 11.2. The van der Waals surface area contributed by atoms with Gasteiger partial charge in [-0.05, 0) is 22.8 Å². The first-order valence-electron chi connectivity index (χ1n) is 4.45. The van der Waals surface area contributed by atoms with Gasteiger partial charge in [-0.2, -0.15) is 0 Å². The first kappa shape index (κ1) is 11.6. The Hall–Kier alpha value is -0.440. The van der Waals surface area contributed by atoms with Gasteiger partial charge in [0.05, 0.1) is 5.88 Å². The molecule has 0 heterocycles. The van der Waals surface area contributed by atoms with Gasteiger partial charge in [-0.25, -0.2) is 0 Å². The van der Waals surface area contributed by atoms with Gasteiger partial charge in [-0.1, -0.05) is 36.4 Å². The highest BCUT2D eigenvalue weighted by atomic mass is 35.5. The lowest BCUT2D eigenvalue weighted by Crippen LogP contribution is -2.10. The molecule has 1 rings (SSSR count). The van der Waals surface area contributed by atoms with Gasteiger partial charge in [0, 0.05) is 0 Å². The van der Waals surface area contributed by atoms with Gasteiger partial charge in [0.15, 0.2) is 0 Å². The number of halogens is 1. The van der Waals surface area contributed by atoms with E-state index in [1.165, 1.54) is 0 Å². The van der Waals surface area contributed by atoms with Crippen LogP contribution in [-0.4, -0.2) is 21.9 Å². The van der Waals surface area contributed by atoms with Gasteiger partial charge in [0.25, 0.3) is 0 Å². The van der Waals surface area contributed by atoms with Crippen molar-refractivity contribution in [3.05, 3.63) is 42.0 Å². The van der Waals surface area contributed by atoms with Crippen molar-refractivity contribution in [3.8, 4) is 0 Å². The summed E-state index contributed by atoms with van der Waals surface area (Å²) in [5.74, 6) is 1.62. The van der Waals surface area contributed by atoms with Crippen LogP contribution in [0, 0.1) is 0 Å². The molecule has 14 heavy (non-hydrogen) atoms. The molecule has 0 saturated heterocycles. The van der Waals surface area contributed by atoms with Crippen molar-refractivity contribution in [3.63, 3.8) is 0 Å². The molecule has 0 fully saturated rings. The molecular weight excluding hydrogens is 216 g/mol. The zero-order valence-electron chi connectivity index (χ0n) is 7.86. The van der Waals surface area contributed by atoms with Gasteiger partial charge in [-0.15, -0.1) is 11.6 Å². The average molecular weight is 229 g/mol. The van der Waals surface area contributed by atoms with Crippen molar-refractivity contribution in [1.82, 2.24) is 0 Å². The van der Waals surface area contributed by atoms with E-state index < -0.39 is 11.2 Å². The minimum atomic E-state index is -0.812. The second-order valence-electron chi connectivity index (χ2n) is 2.81. The first-order chi connectivity index (χ1) is 6.83. The summed E-state index contributed by atoms with van der Waals surface area (Å²) in [6, 6.07) is 9.97. The maximum atomic E-state index is 11.2. The van der Waals surface area contributed by atoms with Crippen LogP contribution in [0.2, 0.25) is 0 Å². The summed E-state index contributed by atoms with van der Waals surface area (Å²) < 4.78 is 11.2. The Morgan fingerprint density at radius 1 is 1.29 bits per heavy atom. The Bertz CT molecular complexity index is 274. The van der Waals surface area contributed by atoms with Crippen LogP contribution >= 0.6 is 11.6 Å². The largest absolute Gasteiger partial charge is 0.616 e. The lowest BCUT2D eigenvalue weighted by atomic mass is 10.2. The number of hydrogen-bond donors (Lipinski definition) is 0. The van der Waals surface area contributed by atoms with E-state index in [0.29, 0.717) is 17.4 Å². The predicted molar refractivity (Wildman–Crippen MR) is 64.1 cm³/mol. The zero-order valence-corrected chi connectivity index (χ0v) is 9.43. The van der Waals surface area contributed by atoms with E-state index in [1.807, 2.05) is 42.5 Å². The van der Waals surface area contributed by atoms with Crippen molar-refractivity contribution in [2.24, 2.45) is 0 Å². The molecule has 76 valence electrons. The molecule has 0 spiro atoms. The molecule has 1 nitrogen and oxygen atoms in total. The van der Waals surface area contributed by atoms with Gasteiger partial charge in [-0.3, -0.25) is 0 Å². The molecule has 0 aliphatic heterocycles. The molecule has 1 aromatic rings. The topological polar surface area (TPSA) is 23.1 Å². The highest BCUT2D eigenvalue weighted by molar-refractivity contribution is 7.91. The van der Waals surface area contributed by atoms with Crippen LogP contribution in [0.1, 0.15) is 5.56 Å². The molecule has 0 N–H and O–H groups in total. The molecule has 0 amide bonds. The normalized spacial score (nSPS) is 13.3. The number of hydrogen-bond acceptors (Lipinski definition) is 1. The highest BCUT2D eigenvalue weighted by Crippen LogP contribution is 2.02. The Labute approximate surface area is 93.0 Å². The highest BCUT2D eigenvalue weighted by Gasteiger charge is 1.99. The monoisotopic (exact) mass is 228 g/mol. The van der Waals surface area contributed by atoms with E-state index in [1.54, 1.807) is 0 Å². The molecule has 0 aromatic heterocycles. The average Bonchev–Trinajstić information content (AvgIpc) is 2.20. The van der Waals surface area contributed by atoms with Crippen LogP contribution in [0.25, 0.3) is 6.08 Å². The van der Waals surface area contributed by atoms with Crippen LogP contribution in [0.3, 0.4) is 0 Å². The molecule has 0 saturated carbocycles. The molecular formula is C11H13ClOS. The van der Waals surface area contributed by atoms with Crippen LogP contribution in [0.15, 0.2) is 36.4 Å². The lowest BCUT2D eigenvalue weighted by molar-refractivity contribution is 0.599. The number of rotatable bonds is 5. The smallest absolute Gasteiger partial charge is 0.124 e. The predicted octanol–water partition coefficient (Wildman–Crippen LogP) is 2.69. The van der Waals surface area contributed by atoms with E-state index in [2.05, 4.69) is 0 Å². The molecule has 0 aliphatic rings. The van der Waals surface area contributed by atoms with Crippen LogP contribution < -0.4 is 0 Å². The molecule has 0 radical (unpaired) electrons. The lowest BCUT2D eigenvalue weighted by Gasteiger charge is -2.05. The number of alkyl halides is 1. The summed E-state index contributed by atoms with van der Waals surface area (Å²) in [7, 11) is 0. The minimum absolute atomic E-state index is 0.464. The van der Waals surface area contributed by atoms with Crippen LogP contribution in [-0.2, 0) is 11.2 Å². The van der Waals surface area contributed by atoms with Gasteiger partial charge in [0.2, 0.25) is 0 Å². The second-order valence-corrected chi connectivity index (χ2v) is 4.81. The fourth-order valence-corrected chi connectivity index (χ4v) is 2.19. The van der Waals surface area contributed by atoms with E-state index in [0.717, 1.165) is 5.56 Å². The van der Waals surface area contributed by atoms with Crippen LogP contribution in [0.5, 0.6) is 0 Å². The fraction of sp³-hybridized carbons (Fsp3) is 0.273. The summed E-state index contributed by atoms with van der Waals surface area (Å²) in [5, 5.41) is 0. The minimum Gasteiger partial charge on any atom is -0.616 e. The van der Waals surface area contributed by atoms with Gasteiger partial charge < -0.3 is 4.55 Å². The fourth-order valence-electron chi connectivity index (χ4n) is 1.03. The third-order valence-corrected chi connectivity index (χ3v) is 3.33. The standard InChI is InChI=1S/C11H13ClOS/c12-8-10-14(13)9-4-7-11-5-2-1-3-6-11/h1-7H,8-10H2. The molecule has 0 bridgehead atoms. The van der Waals surface area contributed by atoms with Crippen molar-refractivity contribution >= 4 is 28.9 Å². The van der Waals surface area contributed by atoms with Crippen molar-refractivity contribution in [2.75, 3.05) is 17.4 Å². The molecule has 1 aromatic carbocycles. The third-order valence-electron chi connectivity index (χ3n) is 1.70. The van der Waals surface area contributed by atoms with Crippen molar-refractivity contribution < 1.29 is 4.55 Å². The van der Waals surface area contributed by atoms with E-state index in [4.69, 9.17) is 11.6 Å². The van der Waals surface area contributed by atoms with E-state index in [9.17, 15) is 4.55 Å². The van der Waals surface area contributed by atoms with Crippen LogP contribution in [0.4, 0.5) is 0 Å². The molecule has 1 unspecified atom stereocenters. The number of benzene rings is 1. The summed E-state index contributed by atoms with van der Waals surface area (Å²) >= 11 is 4.66. The van der Waals surface area contributed by atoms with Crippen molar-refractivity contribution in [1.29, 1.82) is 0 Å². The first-order valence-corrected chi connectivity index (χ1v) is 6.47. The molecule has 1 atom stereocenters. The van der Waals surface area contributed by atoms with E-state index in [-0.39, 0.29) is 0 Å². The Morgan fingerprint density at radius 3 is 2.64 bits per heavy atom. The summed E-state index contributed by atoms with van der Waals surface area (Å²) in [6.45, 7) is 0.